The minimum absolute atomic E-state index is 0.236. The van der Waals surface area contributed by atoms with E-state index in [1.54, 1.807) is 20.2 Å². The fourth-order valence-corrected chi connectivity index (χ4v) is 3.29. The summed E-state index contributed by atoms with van der Waals surface area (Å²) in [4.78, 5) is 6.63. The van der Waals surface area contributed by atoms with Crippen LogP contribution >= 0.6 is 0 Å². The molecule has 0 aliphatic carbocycles. The number of nitrogens with one attached hydrogen (secondary N) is 1. The van der Waals surface area contributed by atoms with Crippen LogP contribution in [0.4, 0.5) is 4.39 Å². The zero-order chi connectivity index (χ0) is 19.1. The fraction of sp³-hybridized carbons (Fsp3) is 0.318. The fourth-order valence-electron chi connectivity index (χ4n) is 3.29. The highest BCUT2D eigenvalue weighted by Gasteiger charge is 2.16. The summed E-state index contributed by atoms with van der Waals surface area (Å²) in [5, 5.41) is 3.38. The van der Waals surface area contributed by atoms with Gasteiger partial charge in [-0.05, 0) is 35.3 Å². The van der Waals surface area contributed by atoms with Crippen molar-refractivity contribution >= 4 is 11.5 Å². The number of guanidine groups is 1. The van der Waals surface area contributed by atoms with Gasteiger partial charge in [0, 0.05) is 39.4 Å². The van der Waals surface area contributed by atoms with Crippen LogP contribution in [0, 0.1) is 5.82 Å². The molecule has 0 bridgehead atoms. The van der Waals surface area contributed by atoms with Crippen molar-refractivity contribution in [2.45, 2.75) is 19.6 Å². The molecule has 142 valence electrons. The zero-order valence-corrected chi connectivity index (χ0v) is 15.9. The van der Waals surface area contributed by atoms with E-state index in [2.05, 4.69) is 45.6 Å². The van der Waals surface area contributed by atoms with Crippen molar-refractivity contribution in [2.75, 3.05) is 27.2 Å². The molecule has 5 heteroatoms. The van der Waals surface area contributed by atoms with Crippen molar-refractivity contribution in [3.63, 3.8) is 0 Å². The topological polar surface area (TPSA) is 36.9 Å². The lowest BCUT2D eigenvalue weighted by molar-refractivity contribution is 0.181. The van der Waals surface area contributed by atoms with Gasteiger partial charge in [0.05, 0.1) is 6.61 Å². The molecule has 27 heavy (non-hydrogen) atoms. The Morgan fingerprint density at radius 2 is 2.04 bits per heavy atom. The normalized spacial score (nSPS) is 14.9. The average Bonchev–Trinajstić information content (AvgIpc) is 2.72. The molecule has 3 rings (SSSR count). The standard InChI is InChI=1S/C22H26FN3O/c1-24-22(25-15-17-8-9-21(23)20(14-17)16-27-2)26-12-10-19(11-13-26)18-6-4-3-5-7-18/h3-10,14H,11-13,15-16H2,1-2H3,(H,24,25). The van der Waals surface area contributed by atoms with Crippen LogP contribution in [0.25, 0.3) is 5.57 Å². The Morgan fingerprint density at radius 1 is 1.22 bits per heavy atom. The maximum absolute atomic E-state index is 13.8. The molecule has 1 N–H and O–H groups in total. The molecule has 1 aliphatic heterocycles. The molecule has 4 nitrogen and oxygen atoms in total. The highest BCUT2D eigenvalue weighted by Crippen LogP contribution is 2.22. The van der Waals surface area contributed by atoms with E-state index in [0.29, 0.717) is 12.1 Å². The minimum Gasteiger partial charge on any atom is -0.380 e. The van der Waals surface area contributed by atoms with Crippen LogP contribution in [0.5, 0.6) is 0 Å². The molecule has 0 radical (unpaired) electrons. The Bertz CT molecular complexity index is 818. The minimum atomic E-state index is -0.236. The molecule has 0 saturated heterocycles. The highest BCUT2D eigenvalue weighted by molar-refractivity contribution is 5.81. The second-order valence-corrected chi connectivity index (χ2v) is 6.55. The Labute approximate surface area is 160 Å². The lowest BCUT2D eigenvalue weighted by Crippen LogP contribution is -2.43. The summed E-state index contributed by atoms with van der Waals surface area (Å²) < 4.78 is 18.8. The third-order valence-corrected chi connectivity index (χ3v) is 4.73. The van der Waals surface area contributed by atoms with Gasteiger partial charge in [0.15, 0.2) is 5.96 Å². The Balaban J connectivity index is 1.60. The number of benzene rings is 2. The smallest absolute Gasteiger partial charge is 0.194 e. The van der Waals surface area contributed by atoms with Crippen LogP contribution in [0.1, 0.15) is 23.1 Å². The summed E-state index contributed by atoms with van der Waals surface area (Å²) in [7, 11) is 3.36. The molecule has 0 atom stereocenters. The van der Waals surface area contributed by atoms with Gasteiger partial charge in [0.2, 0.25) is 0 Å². The molecule has 0 saturated carbocycles. The van der Waals surface area contributed by atoms with Crippen molar-refractivity contribution in [1.29, 1.82) is 0 Å². The first-order valence-electron chi connectivity index (χ1n) is 9.17. The third kappa shape index (κ3) is 4.95. The number of aliphatic imine (C=N–C) groups is 1. The largest absolute Gasteiger partial charge is 0.380 e. The molecule has 2 aromatic carbocycles. The van der Waals surface area contributed by atoms with Gasteiger partial charge >= 0.3 is 0 Å². The predicted octanol–water partition coefficient (Wildman–Crippen LogP) is 3.84. The van der Waals surface area contributed by atoms with Crippen molar-refractivity contribution in [1.82, 2.24) is 10.2 Å². The quantitative estimate of drug-likeness (QED) is 0.644. The molecule has 0 fully saturated rings. The predicted molar refractivity (Wildman–Crippen MR) is 108 cm³/mol. The number of rotatable bonds is 5. The number of methoxy groups -OCH3 is 1. The molecule has 1 aliphatic rings. The summed E-state index contributed by atoms with van der Waals surface area (Å²) in [6.45, 7) is 2.60. The summed E-state index contributed by atoms with van der Waals surface area (Å²) >= 11 is 0. The lowest BCUT2D eigenvalue weighted by Gasteiger charge is -2.30. The van der Waals surface area contributed by atoms with Gasteiger partial charge in [0.1, 0.15) is 5.82 Å². The number of ether oxygens (including phenoxy) is 1. The van der Waals surface area contributed by atoms with E-state index < -0.39 is 0 Å². The van der Waals surface area contributed by atoms with E-state index in [0.717, 1.165) is 31.0 Å². The Kier molecular flexibility index (Phi) is 6.60. The average molecular weight is 367 g/mol. The van der Waals surface area contributed by atoms with Crippen molar-refractivity contribution in [2.24, 2.45) is 4.99 Å². The van der Waals surface area contributed by atoms with Crippen LogP contribution in [-0.4, -0.2) is 38.1 Å². The molecule has 1 heterocycles. The van der Waals surface area contributed by atoms with Crippen LogP contribution in [0.15, 0.2) is 59.6 Å². The van der Waals surface area contributed by atoms with Gasteiger partial charge in [-0.15, -0.1) is 0 Å². The van der Waals surface area contributed by atoms with Crippen LogP contribution in [-0.2, 0) is 17.9 Å². The molecule has 0 amide bonds. The van der Waals surface area contributed by atoms with Gasteiger partial charge in [-0.2, -0.15) is 0 Å². The monoisotopic (exact) mass is 367 g/mol. The summed E-state index contributed by atoms with van der Waals surface area (Å²) in [5.74, 6) is 0.621. The molecule has 2 aromatic rings. The zero-order valence-electron chi connectivity index (χ0n) is 15.9. The number of hydrogen-bond donors (Lipinski definition) is 1. The van der Waals surface area contributed by atoms with E-state index in [-0.39, 0.29) is 12.4 Å². The maximum Gasteiger partial charge on any atom is 0.194 e. The summed E-state index contributed by atoms with van der Waals surface area (Å²) in [6, 6.07) is 15.6. The maximum atomic E-state index is 13.8. The first kappa shape index (κ1) is 19.1. The molecular formula is C22H26FN3O. The van der Waals surface area contributed by atoms with Crippen LogP contribution in [0.2, 0.25) is 0 Å². The van der Waals surface area contributed by atoms with Gasteiger partial charge < -0.3 is 15.0 Å². The molecule has 0 aromatic heterocycles. The SMILES string of the molecule is CN=C(NCc1ccc(F)c(COC)c1)N1CC=C(c2ccccc2)CC1. The lowest BCUT2D eigenvalue weighted by atomic mass is 10.00. The van der Waals surface area contributed by atoms with Crippen LogP contribution < -0.4 is 5.32 Å². The van der Waals surface area contributed by atoms with E-state index in [1.807, 2.05) is 12.1 Å². The Morgan fingerprint density at radius 3 is 2.70 bits per heavy atom. The summed E-state index contributed by atoms with van der Waals surface area (Å²) in [6.07, 6.45) is 3.25. The van der Waals surface area contributed by atoms with E-state index in [4.69, 9.17) is 4.74 Å². The second-order valence-electron chi connectivity index (χ2n) is 6.55. The van der Waals surface area contributed by atoms with E-state index >= 15 is 0 Å². The second kappa shape index (κ2) is 9.33. The van der Waals surface area contributed by atoms with Gasteiger partial charge in [-0.25, -0.2) is 4.39 Å². The molecular weight excluding hydrogens is 341 g/mol. The summed E-state index contributed by atoms with van der Waals surface area (Å²) in [5.41, 5.74) is 4.24. The number of hydrogen-bond acceptors (Lipinski definition) is 2. The molecule has 0 spiro atoms. The van der Waals surface area contributed by atoms with Crippen molar-refractivity contribution in [3.8, 4) is 0 Å². The third-order valence-electron chi connectivity index (χ3n) is 4.73. The highest BCUT2D eigenvalue weighted by atomic mass is 19.1. The molecule has 0 unspecified atom stereocenters. The number of halogens is 1. The Hall–Kier alpha value is -2.66. The van der Waals surface area contributed by atoms with E-state index in [1.165, 1.54) is 17.2 Å². The van der Waals surface area contributed by atoms with Crippen LogP contribution in [0.3, 0.4) is 0 Å². The van der Waals surface area contributed by atoms with Gasteiger partial charge in [-0.3, -0.25) is 4.99 Å². The first-order valence-corrected chi connectivity index (χ1v) is 9.17. The van der Waals surface area contributed by atoms with Crippen molar-refractivity contribution in [3.05, 3.63) is 77.1 Å². The first-order chi connectivity index (χ1) is 13.2. The van der Waals surface area contributed by atoms with Crippen molar-refractivity contribution < 1.29 is 9.13 Å². The van der Waals surface area contributed by atoms with E-state index in [9.17, 15) is 4.39 Å². The number of nitrogens with zero attached hydrogens (tertiary/aromatic N) is 2. The van der Waals surface area contributed by atoms with Gasteiger partial charge in [0.25, 0.3) is 0 Å². The van der Waals surface area contributed by atoms with Gasteiger partial charge in [-0.1, -0.05) is 42.5 Å².